The summed E-state index contributed by atoms with van der Waals surface area (Å²) in [4.78, 5) is 1.34. The number of quaternary nitrogens is 1. The zero-order valence-corrected chi connectivity index (χ0v) is 5.32. The third-order valence-corrected chi connectivity index (χ3v) is 0.595. The van der Waals surface area contributed by atoms with Gasteiger partial charge >= 0.3 is 0 Å². The zero-order valence-electron chi connectivity index (χ0n) is 5.32. The van der Waals surface area contributed by atoms with Crippen molar-refractivity contribution in [2.45, 2.75) is 6.92 Å². The Labute approximate surface area is 45.1 Å². The van der Waals surface area contributed by atoms with Gasteiger partial charge in [-0.25, -0.2) is 0 Å². The molecule has 0 amide bonds. The fraction of sp³-hybridized carbons (Fsp3) is 1.00. The molecule has 0 aliphatic heterocycles. The van der Waals surface area contributed by atoms with Gasteiger partial charge in [-0.1, -0.05) is 0 Å². The van der Waals surface area contributed by atoms with Crippen molar-refractivity contribution in [2.24, 2.45) is 0 Å². The lowest BCUT2D eigenvalue weighted by Gasteiger charge is -2.04. The van der Waals surface area contributed by atoms with E-state index in [1.54, 1.807) is 0 Å². The monoisotopic (exact) mass is 104 g/mol. The summed E-state index contributed by atoms with van der Waals surface area (Å²) in [5.41, 5.74) is 0. The average Bonchev–Trinajstić information content (AvgIpc) is 1.61. The van der Waals surface area contributed by atoms with Gasteiger partial charge in [0.05, 0.1) is 14.1 Å². The minimum atomic E-state index is 0.816. The lowest BCUT2D eigenvalue weighted by atomic mass is 10.8. The van der Waals surface area contributed by atoms with Crippen LogP contribution in [0.25, 0.3) is 0 Å². The third-order valence-electron chi connectivity index (χ3n) is 0.595. The maximum absolute atomic E-state index is 5.06. The Hall–Kier alpha value is -0.0800. The van der Waals surface area contributed by atoms with E-state index in [1.807, 2.05) is 6.92 Å². The second-order valence-electron chi connectivity index (χ2n) is 1.84. The Bertz CT molecular complexity index is 37.1. The van der Waals surface area contributed by atoms with Crippen LogP contribution >= 0.6 is 0 Å². The molecule has 0 heterocycles. The van der Waals surface area contributed by atoms with Crippen LogP contribution in [0.2, 0.25) is 0 Å². The highest BCUT2D eigenvalue weighted by atomic mass is 16.5. The smallest absolute Gasteiger partial charge is 0.181 e. The summed E-state index contributed by atoms with van der Waals surface area (Å²) >= 11 is 0. The lowest BCUT2D eigenvalue weighted by Crippen LogP contribution is -3.06. The van der Waals surface area contributed by atoms with Crippen molar-refractivity contribution in [3.8, 4) is 0 Å². The van der Waals surface area contributed by atoms with Gasteiger partial charge in [-0.05, 0) is 6.92 Å². The molecule has 0 radical (unpaired) electrons. The highest BCUT2D eigenvalue weighted by Crippen LogP contribution is 1.58. The first kappa shape index (κ1) is 6.92. The van der Waals surface area contributed by atoms with Crippen LogP contribution in [0.4, 0.5) is 0 Å². The molecule has 0 aliphatic carbocycles. The molecular weight excluding hydrogens is 90.1 g/mol. The van der Waals surface area contributed by atoms with Gasteiger partial charge < -0.3 is 9.64 Å². The molecule has 1 N–H and O–H groups in total. The Morgan fingerprint density at radius 1 is 1.43 bits per heavy atom. The Morgan fingerprint density at radius 3 is 2.14 bits per heavy atom. The van der Waals surface area contributed by atoms with Crippen molar-refractivity contribution in [3.05, 3.63) is 0 Å². The predicted molar refractivity (Wildman–Crippen MR) is 29.3 cm³/mol. The summed E-state index contributed by atoms with van der Waals surface area (Å²) in [7, 11) is 4.13. The van der Waals surface area contributed by atoms with E-state index >= 15 is 0 Å². The van der Waals surface area contributed by atoms with E-state index in [0.29, 0.717) is 0 Å². The molecule has 0 saturated heterocycles. The van der Waals surface area contributed by atoms with Gasteiger partial charge in [0.25, 0.3) is 0 Å². The van der Waals surface area contributed by atoms with Crippen LogP contribution in [0.5, 0.6) is 0 Å². The van der Waals surface area contributed by atoms with E-state index in [0.717, 1.165) is 13.3 Å². The van der Waals surface area contributed by atoms with Gasteiger partial charge in [0, 0.05) is 6.61 Å². The molecule has 0 bridgehead atoms. The Morgan fingerprint density at radius 2 is 2.00 bits per heavy atom. The normalized spacial score (nSPS) is 10.3. The van der Waals surface area contributed by atoms with Crippen LogP contribution < -0.4 is 4.90 Å². The van der Waals surface area contributed by atoms with E-state index in [4.69, 9.17) is 4.74 Å². The number of hydrogen-bond donors (Lipinski definition) is 1. The first-order valence-electron chi connectivity index (χ1n) is 2.64. The molecule has 2 nitrogen and oxygen atoms in total. The van der Waals surface area contributed by atoms with Gasteiger partial charge in [0.1, 0.15) is 0 Å². The van der Waals surface area contributed by atoms with E-state index in [1.165, 1.54) is 4.90 Å². The van der Waals surface area contributed by atoms with Crippen LogP contribution in [0.3, 0.4) is 0 Å². The van der Waals surface area contributed by atoms with Gasteiger partial charge in [-0.3, -0.25) is 0 Å². The molecule has 44 valence electrons. The molecule has 0 aromatic carbocycles. The highest BCUT2D eigenvalue weighted by molar-refractivity contribution is 4.01. The number of rotatable bonds is 3. The minimum absolute atomic E-state index is 0.816. The summed E-state index contributed by atoms with van der Waals surface area (Å²) in [5, 5.41) is 0. The fourth-order valence-corrected chi connectivity index (χ4v) is 0.306. The van der Waals surface area contributed by atoms with Gasteiger partial charge in [-0.2, -0.15) is 0 Å². The van der Waals surface area contributed by atoms with Gasteiger partial charge in [0.2, 0.25) is 0 Å². The van der Waals surface area contributed by atoms with Crippen LogP contribution in [0.1, 0.15) is 6.92 Å². The predicted octanol–water partition coefficient (Wildman–Crippen LogP) is -0.875. The van der Waals surface area contributed by atoms with Crippen LogP contribution in [0, 0.1) is 0 Å². The maximum Gasteiger partial charge on any atom is 0.181 e. The molecule has 0 rings (SSSR count). The van der Waals surface area contributed by atoms with Crippen molar-refractivity contribution in [2.75, 3.05) is 27.4 Å². The van der Waals surface area contributed by atoms with E-state index < -0.39 is 0 Å². The van der Waals surface area contributed by atoms with Crippen molar-refractivity contribution in [1.82, 2.24) is 0 Å². The van der Waals surface area contributed by atoms with Crippen molar-refractivity contribution >= 4 is 0 Å². The molecule has 0 atom stereocenters. The van der Waals surface area contributed by atoms with E-state index in [-0.39, 0.29) is 0 Å². The Kier molecular flexibility index (Phi) is 4.04. The van der Waals surface area contributed by atoms with E-state index in [9.17, 15) is 0 Å². The number of hydrogen-bond acceptors (Lipinski definition) is 1. The standard InChI is InChI=1S/C5H13NO/c1-4-7-5-6(2)3/h4-5H2,1-3H3/p+1. The van der Waals surface area contributed by atoms with Gasteiger partial charge in [0.15, 0.2) is 6.73 Å². The van der Waals surface area contributed by atoms with E-state index in [2.05, 4.69) is 14.1 Å². The summed E-state index contributed by atoms with van der Waals surface area (Å²) < 4.78 is 5.06. The molecule has 0 unspecified atom stereocenters. The second-order valence-corrected chi connectivity index (χ2v) is 1.84. The summed E-state index contributed by atoms with van der Waals surface area (Å²) in [6.07, 6.45) is 0. The van der Waals surface area contributed by atoms with Crippen LogP contribution in [-0.2, 0) is 4.74 Å². The second kappa shape index (κ2) is 4.09. The van der Waals surface area contributed by atoms with Gasteiger partial charge in [-0.15, -0.1) is 0 Å². The van der Waals surface area contributed by atoms with Crippen molar-refractivity contribution in [1.29, 1.82) is 0 Å². The summed E-state index contributed by atoms with van der Waals surface area (Å²) in [5.74, 6) is 0. The topological polar surface area (TPSA) is 13.7 Å². The average molecular weight is 104 g/mol. The molecule has 2 heteroatoms. The number of ether oxygens (including phenoxy) is 1. The highest BCUT2D eigenvalue weighted by Gasteiger charge is 1.85. The fourth-order valence-electron chi connectivity index (χ4n) is 0.306. The zero-order chi connectivity index (χ0) is 5.70. The van der Waals surface area contributed by atoms with Crippen LogP contribution in [0.15, 0.2) is 0 Å². The Balaban J connectivity index is 2.68. The third kappa shape index (κ3) is 5.92. The molecular formula is C5H14NO+. The first-order chi connectivity index (χ1) is 3.27. The molecule has 0 saturated carbocycles. The van der Waals surface area contributed by atoms with Crippen LogP contribution in [-0.4, -0.2) is 27.4 Å². The first-order valence-corrected chi connectivity index (χ1v) is 2.64. The molecule has 0 aromatic rings. The maximum atomic E-state index is 5.06. The molecule has 0 aliphatic rings. The van der Waals surface area contributed by atoms with Crippen molar-refractivity contribution in [3.63, 3.8) is 0 Å². The molecule has 7 heavy (non-hydrogen) atoms. The molecule has 0 fully saturated rings. The minimum Gasteiger partial charge on any atom is -0.332 e. The summed E-state index contributed by atoms with van der Waals surface area (Å²) in [6.45, 7) is 3.64. The number of nitrogens with one attached hydrogen (secondary N) is 1. The quantitative estimate of drug-likeness (QED) is 0.459. The largest absolute Gasteiger partial charge is 0.332 e. The molecule has 0 spiro atoms. The molecule has 0 aromatic heterocycles. The lowest BCUT2D eigenvalue weighted by molar-refractivity contribution is -0.880. The summed E-state index contributed by atoms with van der Waals surface area (Å²) in [6, 6.07) is 0. The van der Waals surface area contributed by atoms with Crippen molar-refractivity contribution < 1.29 is 9.64 Å². The SMILES string of the molecule is CCOC[NH+](C)C.